The van der Waals surface area contributed by atoms with Crippen LogP contribution in [0.15, 0.2) is 64.6 Å². The summed E-state index contributed by atoms with van der Waals surface area (Å²) in [5.74, 6) is 0.180. The van der Waals surface area contributed by atoms with Crippen LogP contribution in [0, 0.1) is 17.3 Å². The van der Waals surface area contributed by atoms with Gasteiger partial charge in [-0.25, -0.2) is 9.92 Å². The Morgan fingerprint density at radius 3 is 2.76 bits per heavy atom. The first kappa shape index (κ1) is 22.0. The molecule has 2 aliphatic rings. The van der Waals surface area contributed by atoms with Crippen LogP contribution in [-0.2, 0) is 0 Å². The lowest BCUT2D eigenvalue weighted by atomic mass is 10.0. The molecule has 2 aliphatic heterocycles. The topological polar surface area (TPSA) is 105 Å². The van der Waals surface area contributed by atoms with E-state index in [4.69, 9.17) is 5.53 Å². The van der Waals surface area contributed by atoms with Gasteiger partial charge in [0, 0.05) is 54.0 Å². The summed E-state index contributed by atoms with van der Waals surface area (Å²) in [4.78, 5) is 32.5. The van der Waals surface area contributed by atoms with Crippen molar-refractivity contribution in [2.75, 3.05) is 32.0 Å². The van der Waals surface area contributed by atoms with Gasteiger partial charge in [0.2, 0.25) is 0 Å². The van der Waals surface area contributed by atoms with Gasteiger partial charge in [-0.2, -0.15) is 5.11 Å². The van der Waals surface area contributed by atoms with Gasteiger partial charge in [0.25, 0.3) is 11.5 Å². The van der Waals surface area contributed by atoms with Gasteiger partial charge >= 0.3 is 0 Å². The molecule has 2 fully saturated rings. The summed E-state index contributed by atoms with van der Waals surface area (Å²) in [7, 11) is 2.09. The number of carbonyl (C=O) groups excluding carboxylic acids is 1. The number of hydrogen-bond acceptors (Lipinski definition) is 6. The summed E-state index contributed by atoms with van der Waals surface area (Å²) >= 11 is 0. The Morgan fingerprint density at radius 2 is 2.00 bits per heavy atom. The number of likely N-dealkylation sites (N-methyl/N-ethyl adjacent to an activating group) is 1. The van der Waals surface area contributed by atoms with Gasteiger partial charge < -0.3 is 20.1 Å². The number of anilines is 1. The highest BCUT2D eigenvalue weighted by atomic mass is 19.1. The van der Waals surface area contributed by atoms with Crippen molar-refractivity contribution in [3.8, 4) is 0 Å². The van der Waals surface area contributed by atoms with Crippen LogP contribution < -0.4 is 10.9 Å². The highest BCUT2D eigenvalue weighted by Gasteiger charge is 2.42. The maximum absolute atomic E-state index is 13.6. The van der Waals surface area contributed by atoms with Crippen LogP contribution in [0.1, 0.15) is 22.3 Å². The first-order valence-corrected chi connectivity index (χ1v) is 11.2. The van der Waals surface area contributed by atoms with E-state index < -0.39 is 11.4 Å². The number of aromatic amines is 1. The van der Waals surface area contributed by atoms with Crippen LogP contribution in [0.3, 0.4) is 0 Å². The minimum atomic E-state index is -0.425. The molecule has 0 radical (unpaired) electrons. The number of pyridine rings is 1. The Labute approximate surface area is 195 Å². The lowest BCUT2D eigenvalue weighted by Crippen LogP contribution is -2.39. The van der Waals surface area contributed by atoms with E-state index in [1.807, 2.05) is 4.90 Å². The number of nitrogens with zero attached hydrogens (tertiary/aromatic N) is 3. The van der Waals surface area contributed by atoms with E-state index in [1.54, 1.807) is 24.3 Å². The van der Waals surface area contributed by atoms with E-state index >= 15 is 0 Å². The zero-order valence-electron chi connectivity index (χ0n) is 18.7. The smallest absolute Gasteiger partial charge is 0.258 e. The Morgan fingerprint density at radius 1 is 1.21 bits per heavy atom. The van der Waals surface area contributed by atoms with Crippen LogP contribution in [0.5, 0.6) is 0 Å². The Balaban J connectivity index is 1.32. The predicted molar refractivity (Wildman–Crippen MR) is 128 cm³/mol. The average molecular weight is 461 g/mol. The van der Waals surface area contributed by atoms with Gasteiger partial charge in [0.05, 0.1) is 5.56 Å². The molecule has 3 aromatic rings. The number of likely N-dealkylation sites (tertiary alicyclic amines) is 2. The van der Waals surface area contributed by atoms with E-state index in [0.717, 1.165) is 26.1 Å². The molecule has 1 amide bonds. The van der Waals surface area contributed by atoms with Crippen LogP contribution in [0.2, 0.25) is 0 Å². The summed E-state index contributed by atoms with van der Waals surface area (Å²) in [5, 5.41) is 7.00. The molecule has 2 atom stereocenters. The van der Waals surface area contributed by atoms with Crippen molar-refractivity contribution in [1.82, 2.24) is 14.8 Å². The number of benzene rings is 2. The van der Waals surface area contributed by atoms with Crippen LogP contribution in [0.25, 0.3) is 16.6 Å². The highest BCUT2D eigenvalue weighted by Crippen LogP contribution is 2.32. The predicted octanol–water partition coefficient (Wildman–Crippen LogP) is 3.88. The van der Waals surface area contributed by atoms with Crippen molar-refractivity contribution in [1.29, 1.82) is 5.53 Å². The zero-order chi connectivity index (χ0) is 23.8. The largest absolute Gasteiger partial charge is 0.360 e. The first-order valence-electron chi connectivity index (χ1n) is 11.2. The summed E-state index contributed by atoms with van der Waals surface area (Å²) in [6.45, 7) is 2.76. The number of amides is 1. The maximum atomic E-state index is 13.6. The summed E-state index contributed by atoms with van der Waals surface area (Å²) in [5.41, 5.74) is 9.14. The monoisotopic (exact) mass is 460 g/mol. The fourth-order valence-corrected chi connectivity index (χ4v) is 4.99. The third-order valence-corrected chi connectivity index (χ3v) is 6.70. The zero-order valence-corrected chi connectivity index (χ0v) is 18.7. The van der Waals surface area contributed by atoms with Crippen LogP contribution >= 0.6 is 0 Å². The van der Waals surface area contributed by atoms with Crippen molar-refractivity contribution in [2.45, 2.75) is 12.5 Å². The molecule has 0 spiro atoms. The number of fused-ring (bicyclic) bond motifs is 2. The SMILES string of the molecule is CN1CC2CCN(C(=O)c3ccc(N/C=C(\N=N)c4cc5cc(F)ccc5[nH]c4=O)cc3)C2C1. The van der Waals surface area contributed by atoms with Gasteiger partial charge in [-0.15, -0.1) is 0 Å². The molecule has 0 saturated carbocycles. The molecule has 3 heterocycles. The van der Waals surface area contributed by atoms with E-state index in [9.17, 15) is 14.0 Å². The van der Waals surface area contributed by atoms with E-state index in [2.05, 4.69) is 27.4 Å². The number of halogens is 1. The lowest BCUT2D eigenvalue weighted by Gasteiger charge is -2.24. The van der Waals surface area contributed by atoms with Crippen molar-refractivity contribution in [3.63, 3.8) is 0 Å². The number of hydrogen-bond donors (Lipinski definition) is 3. The second-order valence-corrected chi connectivity index (χ2v) is 8.94. The molecule has 2 unspecified atom stereocenters. The standard InChI is InChI=1S/C25H25FN6O2/c1-31-13-16-8-9-32(23(16)14-31)25(34)15-2-5-19(6-3-15)28-12-22(30-27)20-11-17-10-18(26)4-7-21(17)29-24(20)33/h2-7,10-12,16,23,27-28H,8-9,13-14H2,1H3,(H,29,33)/b22-12-,30-27?. The molecule has 34 heavy (non-hydrogen) atoms. The quantitative estimate of drug-likeness (QED) is 0.503. The summed E-state index contributed by atoms with van der Waals surface area (Å²) < 4.78 is 13.6. The van der Waals surface area contributed by atoms with Gasteiger partial charge in [-0.05, 0) is 67.9 Å². The third kappa shape index (κ3) is 4.10. The minimum Gasteiger partial charge on any atom is -0.360 e. The van der Waals surface area contributed by atoms with E-state index in [0.29, 0.717) is 28.1 Å². The molecule has 1 aromatic heterocycles. The van der Waals surface area contributed by atoms with Crippen molar-refractivity contribution < 1.29 is 9.18 Å². The van der Waals surface area contributed by atoms with Crippen molar-refractivity contribution in [3.05, 3.63) is 82.0 Å². The maximum Gasteiger partial charge on any atom is 0.258 e. The molecule has 8 nitrogen and oxygen atoms in total. The van der Waals surface area contributed by atoms with Crippen LogP contribution in [0.4, 0.5) is 10.1 Å². The number of carbonyl (C=O) groups is 1. The summed E-state index contributed by atoms with van der Waals surface area (Å²) in [6.07, 6.45) is 2.49. The van der Waals surface area contributed by atoms with Gasteiger partial charge in [0.1, 0.15) is 11.5 Å². The molecule has 2 saturated heterocycles. The molecular weight excluding hydrogens is 435 g/mol. The number of H-pyrrole nitrogens is 1. The molecular formula is C25H25FN6O2. The lowest BCUT2D eigenvalue weighted by molar-refractivity contribution is 0.0729. The number of aromatic nitrogens is 1. The van der Waals surface area contributed by atoms with Gasteiger partial charge in [-0.1, -0.05) is 0 Å². The van der Waals surface area contributed by atoms with Crippen molar-refractivity contribution >= 4 is 28.2 Å². The Bertz CT molecular complexity index is 1350. The Kier molecular flexibility index (Phi) is 5.70. The molecule has 9 heteroatoms. The Hall–Kier alpha value is -3.85. The second-order valence-electron chi connectivity index (χ2n) is 8.94. The van der Waals surface area contributed by atoms with Gasteiger partial charge in [-0.3, -0.25) is 9.59 Å². The normalized spacial score (nSPS) is 20.5. The first-order chi connectivity index (χ1) is 16.4. The van der Waals surface area contributed by atoms with Gasteiger partial charge in [0.15, 0.2) is 0 Å². The third-order valence-electron chi connectivity index (χ3n) is 6.70. The molecule has 0 aliphatic carbocycles. The number of nitrogens with one attached hydrogen (secondary N) is 3. The van der Waals surface area contributed by atoms with E-state index in [1.165, 1.54) is 30.5 Å². The fourth-order valence-electron chi connectivity index (χ4n) is 4.99. The minimum absolute atomic E-state index is 0.0432. The number of rotatable bonds is 5. The summed E-state index contributed by atoms with van der Waals surface area (Å²) in [6, 6.07) is 13.0. The van der Waals surface area contributed by atoms with Crippen molar-refractivity contribution in [2.24, 2.45) is 11.0 Å². The van der Waals surface area contributed by atoms with E-state index in [-0.39, 0.29) is 23.2 Å². The molecule has 3 N–H and O–H groups in total. The fraction of sp³-hybridized carbons (Fsp3) is 0.280. The molecule has 2 aromatic carbocycles. The highest BCUT2D eigenvalue weighted by molar-refractivity contribution is 5.95. The molecule has 174 valence electrons. The second kappa shape index (κ2) is 8.83. The average Bonchev–Trinajstić information content (AvgIpc) is 3.39. The molecule has 5 rings (SSSR count). The molecule has 0 bridgehead atoms. The van der Waals surface area contributed by atoms with Crippen LogP contribution in [-0.4, -0.2) is 53.4 Å².